The van der Waals surface area contributed by atoms with E-state index in [1.807, 2.05) is 13.8 Å². The summed E-state index contributed by atoms with van der Waals surface area (Å²) in [5.41, 5.74) is -0.518. The highest BCUT2D eigenvalue weighted by molar-refractivity contribution is 7.15. The molecule has 0 N–H and O–H groups in total. The van der Waals surface area contributed by atoms with E-state index in [0.717, 1.165) is 17.0 Å². The lowest BCUT2D eigenvalue weighted by molar-refractivity contribution is -0.137. The minimum atomic E-state index is -4.47. The van der Waals surface area contributed by atoms with E-state index in [1.165, 1.54) is 11.3 Å². The molecular weight excluding hydrogens is 330 g/mol. The van der Waals surface area contributed by atoms with Gasteiger partial charge >= 0.3 is 6.18 Å². The summed E-state index contributed by atoms with van der Waals surface area (Å²) < 4.78 is 38.0. The Morgan fingerprint density at radius 2 is 1.70 bits per heavy atom. The van der Waals surface area contributed by atoms with Crippen LogP contribution in [0.2, 0.25) is 10.0 Å². The zero-order chi connectivity index (χ0) is 15.1. The molecule has 0 saturated carbocycles. The summed E-state index contributed by atoms with van der Waals surface area (Å²) >= 11 is 13.3. The standard InChI is InChI=1S/C13H10Cl2F3NS/c1-6(2)10-5-19-12(20-10)11-8(14)3-7(4-9(11)15)13(16,17)18/h3-6H,1-2H3. The highest BCUT2D eigenvalue weighted by atomic mass is 35.5. The van der Waals surface area contributed by atoms with Crippen LogP contribution in [-0.2, 0) is 6.18 Å². The van der Waals surface area contributed by atoms with Crippen molar-refractivity contribution in [3.8, 4) is 10.6 Å². The number of benzene rings is 1. The maximum absolute atomic E-state index is 12.7. The summed E-state index contributed by atoms with van der Waals surface area (Å²) in [5.74, 6) is 0.285. The zero-order valence-corrected chi connectivity index (χ0v) is 12.9. The number of thiazole rings is 1. The van der Waals surface area contributed by atoms with E-state index in [4.69, 9.17) is 23.2 Å². The van der Waals surface area contributed by atoms with Crippen molar-refractivity contribution in [1.29, 1.82) is 0 Å². The molecular formula is C13H10Cl2F3NS. The average Bonchev–Trinajstić information content (AvgIpc) is 2.76. The molecule has 0 amide bonds. The predicted octanol–water partition coefficient (Wildman–Crippen LogP) is 6.26. The first kappa shape index (κ1) is 15.6. The molecule has 2 rings (SSSR count). The van der Waals surface area contributed by atoms with Crippen LogP contribution in [-0.4, -0.2) is 4.98 Å². The summed E-state index contributed by atoms with van der Waals surface area (Å²) in [6.07, 6.45) is -2.78. The number of alkyl halides is 3. The molecule has 0 unspecified atom stereocenters. The number of nitrogens with zero attached hydrogens (tertiary/aromatic N) is 1. The van der Waals surface area contributed by atoms with Gasteiger partial charge in [-0.2, -0.15) is 13.2 Å². The predicted molar refractivity (Wildman–Crippen MR) is 76.7 cm³/mol. The Hall–Kier alpha value is -0.780. The third kappa shape index (κ3) is 3.10. The molecule has 0 bridgehead atoms. The molecule has 2 aromatic rings. The molecule has 20 heavy (non-hydrogen) atoms. The second-order valence-electron chi connectivity index (χ2n) is 4.54. The maximum Gasteiger partial charge on any atom is 0.416 e. The summed E-state index contributed by atoms with van der Waals surface area (Å²) in [7, 11) is 0. The van der Waals surface area contributed by atoms with Gasteiger partial charge in [-0.3, -0.25) is 0 Å². The first-order valence-electron chi connectivity index (χ1n) is 5.72. The van der Waals surface area contributed by atoms with Crippen molar-refractivity contribution in [2.24, 2.45) is 0 Å². The van der Waals surface area contributed by atoms with Gasteiger partial charge in [-0.15, -0.1) is 11.3 Å². The smallest absolute Gasteiger partial charge is 0.244 e. The first-order valence-corrected chi connectivity index (χ1v) is 7.29. The minimum absolute atomic E-state index is 0.0468. The second kappa shape index (κ2) is 5.54. The van der Waals surface area contributed by atoms with Crippen molar-refractivity contribution < 1.29 is 13.2 Å². The largest absolute Gasteiger partial charge is 0.416 e. The molecule has 0 radical (unpaired) electrons. The fourth-order valence-electron chi connectivity index (χ4n) is 1.61. The van der Waals surface area contributed by atoms with Gasteiger partial charge in [-0.05, 0) is 18.1 Å². The summed E-state index contributed by atoms with van der Waals surface area (Å²) in [5, 5.41) is 0.432. The third-order valence-electron chi connectivity index (χ3n) is 2.68. The molecule has 0 aliphatic carbocycles. The van der Waals surface area contributed by atoms with Crippen LogP contribution in [0.4, 0.5) is 13.2 Å². The SMILES string of the molecule is CC(C)c1cnc(-c2c(Cl)cc(C(F)(F)F)cc2Cl)s1. The second-order valence-corrected chi connectivity index (χ2v) is 6.41. The molecule has 0 spiro atoms. The van der Waals surface area contributed by atoms with Crippen molar-refractivity contribution in [2.45, 2.75) is 25.9 Å². The Balaban J connectivity index is 2.52. The van der Waals surface area contributed by atoms with Crippen LogP contribution < -0.4 is 0 Å². The van der Waals surface area contributed by atoms with Crippen molar-refractivity contribution in [2.75, 3.05) is 0 Å². The van der Waals surface area contributed by atoms with Crippen LogP contribution >= 0.6 is 34.5 Å². The molecule has 1 aromatic heterocycles. The quantitative estimate of drug-likeness (QED) is 0.629. The molecule has 0 aliphatic heterocycles. The van der Waals surface area contributed by atoms with Gasteiger partial charge in [0.15, 0.2) is 0 Å². The summed E-state index contributed by atoms with van der Waals surface area (Å²) in [6, 6.07) is 1.75. The number of hydrogen-bond acceptors (Lipinski definition) is 2. The monoisotopic (exact) mass is 339 g/mol. The number of aromatic nitrogens is 1. The van der Waals surface area contributed by atoms with Crippen LogP contribution in [0.3, 0.4) is 0 Å². The van der Waals surface area contributed by atoms with Gasteiger partial charge in [0.05, 0.1) is 15.6 Å². The lowest BCUT2D eigenvalue weighted by atomic mass is 10.1. The van der Waals surface area contributed by atoms with E-state index in [0.29, 0.717) is 10.6 Å². The highest BCUT2D eigenvalue weighted by Gasteiger charge is 2.32. The molecule has 0 atom stereocenters. The Morgan fingerprint density at radius 3 is 2.10 bits per heavy atom. The van der Waals surface area contributed by atoms with E-state index in [-0.39, 0.29) is 16.0 Å². The van der Waals surface area contributed by atoms with Gasteiger partial charge < -0.3 is 0 Å². The topological polar surface area (TPSA) is 12.9 Å². The lowest BCUT2D eigenvalue weighted by Crippen LogP contribution is -2.05. The Labute approximate surface area is 128 Å². The van der Waals surface area contributed by atoms with Gasteiger partial charge in [0, 0.05) is 16.6 Å². The average molecular weight is 340 g/mol. The molecule has 108 valence electrons. The van der Waals surface area contributed by atoms with Crippen LogP contribution in [0.15, 0.2) is 18.3 Å². The van der Waals surface area contributed by atoms with Crippen LogP contribution in [0.5, 0.6) is 0 Å². The van der Waals surface area contributed by atoms with Gasteiger partial charge in [-0.1, -0.05) is 37.0 Å². The van der Waals surface area contributed by atoms with Crippen molar-refractivity contribution >= 4 is 34.5 Å². The fourth-order valence-corrected chi connectivity index (χ4v) is 3.38. The van der Waals surface area contributed by atoms with Gasteiger partial charge in [0.1, 0.15) is 5.01 Å². The summed E-state index contributed by atoms with van der Waals surface area (Å²) in [6.45, 7) is 4.01. The third-order valence-corrected chi connectivity index (χ3v) is 4.59. The number of rotatable bonds is 2. The van der Waals surface area contributed by atoms with Gasteiger partial charge in [-0.25, -0.2) is 4.98 Å². The van der Waals surface area contributed by atoms with Crippen molar-refractivity contribution in [1.82, 2.24) is 4.98 Å². The van der Waals surface area contributed by atoms with Crippen LogP contribution in [0.1, 0.15) is 30.2 Å². The van der Waals surface area contributed by atoms with Gasteiger partial charge in [0.2, 0.25) is 0 Å². The Bertz CT molecular complexity index is 612. The number of halogens is 5. The van der Waals surface area contributed by atoms with E-state index < -0.39 is 11.7 Å². The molecule has 0 fully saturated rings. The molecule has 1 nitrogen and oxygen atoms in total. The van der Waals surface area contributed by atoms with Crippen LogP contribution in [0, 0.1) is 0 Å². The molecule has 0 aliphatic rings. The Kier molecular flexibility index (Phi) is 4.33. The van der Waals surface area contributed by atoms with Crippen molar-refractivity contribution in [3.05, 3.63) is 38.8 Å². The van der Waals surface area contributed by atoms with E-state index in [2.05, 4.69) is 4.98 Å². The normalized spacial score (nSPS) is 12.2. The summed E-state index contributed by atoms with van der Waals surface area (Å²) in [4.78, 5) is 5.21. The fraction of sp³-hybridized carbons (Fsp3) is 0.308. The van der Waals surface area contributed by atoms with E-state index >= 15 is 0 Å². The first-order chi connectivity index (χ1) is 9.20. The molecule has 0 saturated heterocycles. The molecule has 7 heteroatoms. The highest BCUT2D eigenvalue weighted by Crippen LogP contribution is 2.42. The van der Waals surface area contributed by atoms with Crippen LogP contribution in [0.25, 0.3) is 10.6 Å². The zero-order valence-electron chi connectivity index (χ0n) is 10.6. The van der Waals surface area contributed by atoms with Crippen molar-refractivity contribution in [3.63, 3.8) is 0 Å². The lowest BCUT2D eigenvalue weighted by Gasteiger charge is -2.10. The maximum atomic E-state index is 12.7. The van der Waals surface area contributed by atoms with E-state index in [1.54, 1.807) is 6.20 Å². The van der Waals surface area contributed by atoms with Gasteiger partial charge in [0.25, 0.3) is 0 Å². The Morgan fingerprint density at radius 1 is 1.15 bits per heavy atom. The molecule has 1 heterocycles. The molecule has 1 aromatic carbocycles. The number of hydrogen-bond donors (Lipinski definition) is 0. The van der Waals surface area contributed by atoms with E-state index in [9.17, 15) is 13.2 Å². The minimum Gasteiger partial charge on any atom is -0.244 e.